The van der Waals surface area contributed by atoms with Gasteiger partial charge in [0.1, 0.15) is 0 Å². The van der Waals surface area contributed by atoms with Crippen molar-refractivity contribution < 1.29 is 9.00 Å². The zero-order chi connectivity index (χ0) is 11.4. The molecule has 0 saturated heterocycles. The Morgan fingerprint density at radius 1 is 1.67 bits per heavy atom. The molecule has 1 aromatic rings. The van der Waals surface area contributed by atoms with Crippen molar-refractivity contribution in [3.8, 4) is 0 Å². The van der Waals surface area contributed by atoms with Gasteiger partial charge in [-0.05, 0) is 6.92 Å². The van der Waals surface area contributed by atoms with Crippen molar-refractivity contribution >= 4 is 22.4 Å². The van der Waals surface area contributed by atoms with E-state index in [4.69, 9.17) is 5.73 Å². The molecule has 1 unspecified atom stereocenters. The van der Waals surface area contributed by atoms with E-state index in [0.29, 0.717) is 23.7 Å². The van der Waals surface area contributed by atoms with Crippen LogP contribution < -0.4 is 11.1 Å². The lowest BCUT2D eigenvalue weighted by Crippen LogP contribution is -2.28. The Labute approximate surface area is 90.1 Å². The van der Waals surface area contributed by atoms with E-state index in [1.807, 2.05) is 0 Å². The van der Waals surface area contributed by atoms with Crippen LogP contribution in [0.3, 0.4) is 0 Å². The minimum atomic E-state index is -0.913. The van der Waals surface area contributed by atoms with Gasteiger partial charge >= 0.3 is 0 Å². The summed E-state index contributed by atoms with van der Waals surface area (Å²) in [5, 5.41) is 8.99. The van der Waals surface area contributed by atoms with E-state index in [2.05, 4.69) is 15.5 Å². The van der Waals surface area contributed by atoms with E-state index in [-0.39, 0.29) is 11.6 Å². The van der Waals surface area contributed by atoms with Crippen LogP contribution in [0.1, 0.15) is 16.2 Å². The zero-order valence-electron chi connectivity index (χ0n) is 8.66. The molecule has 7 heteroatoms. The van der Waals surface area contributed by atoms with Gasteiger partial charge in [0, 0.05) is 29.4 Å². The van der Waals surface area contributed by atoms with Crippen molar-refractivity contribution in [3.63, 3.8) is 0 Å². The highest BCUT2D eigenvalue weighted by molar-refractivity contribution is 7.84. The number of nitrogens with two attached hydrogens (primary N) is 1. The first-order valence-electron chi connectivity index (χ1n) is 4.41. The number of aryl methyl sites for hydroxylation is 1. The molecule has 4 N–H and O–H groups in total. The van der Waals surface area contributed by atoms with Gasteiger partial charge in [-0.3, -0.25) is 14.1 Å². The van der Waals surface area contributed by atoms with Gasteiger partial charge in [0.2, 0.25) is 0 Å². The molecule has 1 rings (SSSR count). The van der Waals surface area contributed by atoms with Gasteiger partial charge in [0.15, 0.2) is 5.69 Å². The molecule has 0 spiro atoms. The maximum atomic E-state index is 11.5. The Balaban J connectivity index is 2.54. The van der Waals surface area contributed by atoms with Gasteiger partial charge in [-0.15, -0.1) is 0 Å². The lowest BCUT2D eigenvalue weighted by atomic mass is 10.3. The van der Waals surface area contributed by atoms with Crippen molar-refractivity contribution in [2.75, 3.05) is 24.3 Å². The Hall–Kier alpha value is -1.37. The van der Waals surface area contributed by atoms with Crippen molar-refractivity contribution in [1.29, 1.82) is 0 Å². The molecule has 0 bridgehead atoms. The minimum absolute atomic E-state index is 0.189. The average molecular weight is 230 g/mol. The topological polar surface area (TPSA) is 101 Å². The van der Waals surface area contributed by atoms with Gasteiger partial charge in [0.05, 0.1) is 11.4 Å². The smallest absolute Gasteiger partial charge is 0.273 e. The summed E-state index contributed by atoms with van der Waals surface area (Å²) in [7, 11) is -0.913. The maximum absolute atomic E-state index is 11.5. The zero-order valence-corrected chi connectivity index (χ0v) is 9.48. The standard InChI is InChI=1S/C8H14N4O2S/c1-5-6(9)7(12-11-5)8(13)10-3-4-15(2)14/h3-4,9H2,1-2H3,(H,10,13)(H,11,12). The maximum Gasteiger partial charge on any atom is 0.273 e. The molecule has 15 heavy (non-hydrogen) atoms. The van der Waals surface area contributed by atoms with E-state index >= 15 is 0 Å². The first-order valence-corrected chi connectivity index (χ1v) is 6.13. The van der Waals surface area contributed by atoms with Crippen LogP contribution in [0.25, 0.3) is 0 Å². The lowest BCUT2D eigenvalue weighted by molar-refractivity contribution is 0.0952. The van der Waals surface area contributed by atoms with Crippen LogP contribution in [-0.4, -0.2) is 38.9 Å². The summed E-state index contributed by atoms with van der Waals surface area (Å²) >= 11 is 0. The number of nitrogen functional groups attached to an aromatic ring is 1. The van der Waals surface area contributed by atoms with Crippen molar-refractivity contribution in [2.45, 2.75) is 6.92 Å². The molecule has 84 valence electrons. The molecule has 1 atom stereocenters. The highest BCUT2D eigenvalue weighted by Gasteiger charge is 2.14. The summed E-state index contributed by atoms with van der Waals surface area (Å²) in [6, 6.07) is 0. The molecule has 0 aliphatic carbocycles. The van der Waals surface area contributed by atoms with Gasteiger partial charge in [-0.1, -0.05) is 0 Å². The third kappa shape index (κ3) is 3.05. The lowest BCUT2D eigenvalue weighted by Gasteiger charge is -2.01. The molecule has 1 amide bonds. The molecular weight excluding hydrogens is 216 g/mol. The summed E-state index contributed by atoms with van der Waals surface area (Å²) in [5.74, 6) is 0.0806. The van der Waals surface area contributed by atoms with Crippen LogP contribution in [0, 0.1) is 6.92 Å². The van der Waals surface area contributed by atoms with Crippen LogP contribution in [0.5, 0.6) is 0 Å². The Kier molecular flexibility index (Phi) is 3.84. The first kappa shape index (κ1) is 11.7. The number of amides is 1. The highest BCUT2D eigenvalue weighted by atomic mass is 32.2. The number of aromatic amines is 1. The Bertz CT molecular complexity index is 388. The minimum Gasteiger partial charge on any atom is -0.395 e. The fraction of sp³-hybridized carbons (Fsp3) is 0.500. The number of H-pyrrole nitrogens is 1. The van der Waals surface area contributed by atoms with Crippen LogP contribution in [0.15, 0.2) is 0 Å². The van der Waals surface area contributed by atoms with E-state index in [0.717, 1.165) is 0 Å². The second kappa shape index (κ2) is 4.92. The molecule has 0 aromatic carbocycles. The van der Waals surface area contributed by atoms with Crippen LogP contribution in [0.2, 0.25) is 0 Å². The van der Waals surface area contributed by atoms with Crippen molar-refractivity contribution in [2.24, 2.45) is 0 Å². The molecule has 0 saturated carbocycles. The predicted molar refractivity (Wildman–Crippen MR) is 59.0 cm³/mol. The molecular formula is C8H14N4O2S. The predicted octanol–water partition coefficient (Wildman–Crippen LogP) is -0.591. The van der Waals surface area contributed by atoms with E-state index in [9.17, 15) is 9.00 Å². The molecule has 0 fully saturated rings. The normalized spacial score (nSPS) is 12.4. The first-order chi connectivity index (χ1) is 7.02. The van der Waals surface area contributed by atoms with E-state index < -0.39 is 10.8 Å². The molecule has 0 aliphatic heterocycles. The number of anilines is 1. The molecule has 0 radical (unpaired) electrons. The second-order valence-corrected chi connectivity index (χ2v) is 4.70. The van der Waals surface area contributed by atoms with Gasteiger partial charge in [-0.2, -0.15) is 5.10 Å². The SMILES string of the molecule is Cc1[nH]nc(C(=O)NCCS(C)=O)c1N. The summed E-state index contributed by atoms with van der Waals surface area (Å²) in [4.78, 5) is 11.5. The number of carbonyl (C=O) groups excluding carboxylic acids is 1. The number of hydrogen-bond acceptors (Lipinski definition) is 4. The molecule has 1 heterocycles. The Morgan fingerprint density at radius 2 is 2.33 bits per heavy atom. The van der Waals surface area contributed by atoms with Crippen LogP contribution in [0.4, 0.5) is 5.69 Å². The molecule has 6 nitrogen and oxygen atoms in total. The highest BCUT2D eigenvalue weighted by Crippen LogP contribution is 2.11. The Morgan fingerprint density at radius 3 is 2.80 bits per heavy atom. The van der Waals surface area contributed by atoms with Crippen molar-refractivity contribution in [1.82, 2.24) is 15.5 Å². The van der Waals surface area contributed by atoms with Crippen LogP contribution in [-0.2, 0) is 10.8 Å². The third-order valence-corrected chi connectivity index (χ3v) is 2.66. The number of rotatable bonds is 4. The fourth-order valence-corrected chi connectivity index (χ4v) is 1.39. The monoisotopic (exact) mass is 230 g/mol. The second-order valence-electron chi connectivity index (χ2n) is 3.14. The number of nitrogens with zero attached hydrogens (tertiary/aromatic N) is 1. The van der Waals surface area contributed by atoms with E-state index in [1.165, 1.54) is 0 Å². The summed E-state index contributed by atoms with van der Waals surface area (Å²) < 4.78 is 10.7. The summed E-state index contributed by atoms with van der Waals surface area (Å²) in [5.41, 5.74) is 6.83. The number of carbonyl (C=O) groups is 1. The van der Waals surface area contributed by atoms with E-state index in [1.54, 1.807) is 13.2 Å². The fourth-order valence-electron chi connectivity index (χ4n) is 1.00. The van der Waals surface area contributed by atoms with Gasteiger partial charge in [-0.25, -0.2) is 0 Å². The largest absolute Gasteiger partial charge is 0.395 e. The number of hydrogen-bond donors (Lipinski definition) is 3. The summed E-state index contributed by atoms with van der Waals surface area (Å²) in [6.45, 7) is 2.09. The van der Waals surface area contributed by atoms with Gasteiger partial charge in [0.25, 0.3) is 5.91 Å². The quantitative estimate of drug-likeness (QED) is 0.643. The van der Waals surface area contributed by atoms with Crippen molar-refractivity contribution in [3.05, 3.63) is 11.4 Å². The molecule has 1 aromatic heterocycles. The molecule has 0 aliphatic rings. The van der Waals surface area contributed by atoms with Crippen LogP contribution >= 0.6 is 0 Å². The summed E-state index contributed by atoms with van der Waals surface area (Å²) in [6.07, 6.45) is 1.58. The number of aromatic nitrogens is 2. The number of nitrogens with one attached hydrogen (secondary N) is 2. The van der Waals surface area contributed by atoms with Gasteiger partial charge < -0.3 is 11.1 Å². The average Bonchev–Trinajstić information content (AvgIpc) is 2.47. The third-order valence-electron chi connectivity index (χ3n) is 1.88.